The van der Waals surface area contributed by atoms with E-state index >= 15 is 0 Å². The number of thiophene rings is 1. The second kappa shape index (κ2) is 5.27. The molecule has 0 unspecified atom stereocenters. The van der Waals surface area contributed by atoms with E-state index in [1.54, 1.807) is 11.3 Å². The third-order valence-electron chi connectivity index (χ3n) is 3.29. The molecule has 1 aliphatic rings. The van der Waals surface area contributed by atoms with Crippen LogP contribution >= 0.6 is 11.3 Å². The summed E-state index contributed by atoms with van der Waals surface area (Å²) in [6.45, 7) is 3.72. The van der Waals surface area contributed by atoms with E-state index in [9.17, 15) is 0 Å². The van der Waals surface area contributed by atoms with Crippen molar-refractivity contribution in [3.05, 3.63) is 40.0 Å². The van der Waals surface area contributed by atoms with Crippen molar-refractivity contribution in [2.75, 3.05) is 5.73 Å². The molecule has 0 bridgehead atoms. The lowest BCUT2D eigenvalue weighted by molar-refractivity contribution is 0.239. The van der Waals surface area contributed by atoms with Gasteiger partial charge in [-0.1, -0.05) is 0 Å². The molecule has 1 fully saturated rings. The number of nitrogens with two attached hydrogens (primary N) is 1. The van der Waals surface area contributed by atoms with Gasteiger partial charge in [-0.15, -0.1) is 0 Å². The second-order valence-corrected chi connectivity index (χ2v) is 5.90. The van der Waals surface area contributed by atoms with Crippen molar-refractivity contribution < 1.29 is 0 Å². The zero-order valence-electron chi connectivity index (χ0n) is 11.0. The third-order valence-corrected chi connectivity index (χ3v) is 4.03. The average molecular weight is 274 g/mol. The number of hydrogen-bond donors (Lipinski definition) is 1. The Morgan fingerprint density at radius 2 is 2.21 bits per heavy atom. The highest BCUT2D eigenvalue weighted by atomic mass is 32.1. The van der Waals surface area contributed by atoms with Crippen LogP contribution < -0.4 is 5.73 Å². The standard InChI is InChI=1S/C14H18N4S/c1-10-6-13(15)17-14(16-10)8-18(12-2-3-12)7-11-4-5-19-9-11/h4-6,9,12H,2-3,7-8H2,1H3,(H2,15,16,17). The van der Waals surface area contributed by atoms with Gasteiger partial charge in [-0.25, -0.2) is 9.97 Å². The van der Waals surface area contributed by atoms with Gasteiger partial charge in [0.25, 0.3) is 0 Å². The molecule has 5 heteroatoms. The lowest BCUT2D eigenvalue weighted by Crippen LogP contribution is -2.26. The topological polar surface area (TPSA) is 55.0 Å². The predicted octanol–water partition coefficient (Wildman–Crippen LogP) is 2.59. The van der Waals surface area contributed by atoms with Crippen LogP contribution in [0, 0.1) is 6.92 Å². The fraction of sp³-hybridized carbons (Fsp3) is 0.429. The van der Waals surface area contributed by atoms with E-state index in [4.69, 9.17) is 5.73 Å². The Balaban J connectivity index is 1.74. The van der Waals surface area contributed by atoms with Gasteiger partial charge in [-0.3, -0.25) is 4.90 Å². The molecule has 0 aromatic carbocycles. The molecule has 1 aliphatic carbocycles. The van der Waals surface area contributed by atoms with E-state index in [1.165, 1.54) is 18.4 Å². The number of nitrogens with zero attached hydrogens (tertiary/aromatic N) is 3. The van der Waals surface area contributed by atoms with Gasteiger partial charge in [0.15, 0.2) is 0 Å². The summed E-state index contributed by atoms with van der Waals surface area (Å²) < 4.78 is 0. The number of hydrogen-bond acceptors (Lipinski definition) is 5. The van der Waals surface area contributed by atoms with E-state index in [0.29, 0.717) is 11.9 Å². The van der Waals surface area contributed by atoms with Gasteiger partial charge in [-0.2, -0.15) is 11.3 Å². The Morgan fingerprint density at radius 1 is 1.37 bits per heavy atom. The minimum absolute atomic E-state index is 0.564. The molecule has 0 spiro atoms. The first-order valence-corrected chi connectivity index (χ1v) is 7.50. The maximum atomic E-state index is 5.79. The molecule has 4 nitrogen and oxygen atoms in total. The van der Waals surface area contributed by atoms with Crippen LogP contribution in [0.1, 0.15) is 29.9 Å². The zero-order valence-corrected chi connectivity index (χ0v) is 11.9. The Hall–Kier alpha value is -1.46. The molecule has 19 heavy (non-hydrogen) atoms. The predicted molar refractivity (Wildman–Crippen MR) is 77.8 cm³/mol. The molecular weight excluding hydrogens is 256 g/mol. The zero-order chi connectivity index (χ0) is 13.2. The summed E-state index contributed by atoms with van der Waals surface area (Å²) in [6, 6.07) is 4.68. The number of aryl methyl sites for hydroxylation is 1. The number of aromatic nitrogens is 2. The van der Waals surface area contributed by atoms with Crippen LogP contribution in [0.3, 0.4) is 0 Å². The van der Waals surface area contributed by atoms with Crippen molar-refractivity contribution in [2.24, 2.45) is 0 Å². The van der Waals surface area contributed by atoms with E-state index in [0.717, 1.165) is 24.6 Å². The second-order valence-electron chi connectivity index (χ2n) is 5.12. The molecule has 0 radical (unpaired) electrons. The summed E-state index contributed by atoms with van der Waals surface area (Å²) in [7, 11) is 0. The van der Waals surface area contributed by atoms with E-state index < -0.39 is 0 Å². The summed E-state index contributed by atoms with van der Waals surface area (Å²) >= 11 is 1.75. The summed E-state index contributed by atoms with van der Waals surface area (Å²) in [5.74, 6) is 1.40. The van der Waals surface area contributed by atoms with Crippen molar-refractivity contribution in [2.45, 2.75) is 38.9 Å². The first kappa shape index (κ1) is 12.6. The Labute approximate surface area is 117 Å². The SMILES string of the molecule is Cc1cc(N)nc(CN(Cc2ccsc2)C2CC2)n1. The van der Waals surface area contributed by atoms with Crippen LogP contribution in [0.2, 0.25) is 0 Å². The molecule has 0 saturated heterocycles. The van der Waals surface area contributed by atoms with Gasteiger partial charge >= 0.3 is 0 Å². The van der Waals surface area contributed by atoms with Crippen molar-refractivity contribution in [1.29, 1.82) is 0 Å². The minimum atomic E-state index is 0.564. The highest BCUT2D eigenvalue weighted by molar-refractivity contribution is 7.07. The Morgan fingerprint density at radius 3 is 2.84 bits per heavy atom. The highest BCUT2D eigenvalue weighted by Gasteiger charge is 2.29. The fourth-order valence-corrected chi connectivity index (χ4v) is 2.94. The molecule has 0 amide bonds. The Kier molecular flexibility index (Phi) is 3.48. The monoisotopic (exact) mass is 274 g/mol. The molecule has 0 atom stereocenters. The van der Waals surface area contributed by atoms with Crippen LogP contribution in [0.25, 0.3) is 0 Å². The van der Waals surface area contributed by atoms with Gasteiger partial charge in [0.2, 0.25) is 0 Å². The van der Waals surface area contributed by atoms with Crippen LogP contribution in [-0.4, -0.2) is 20.9 Å². The minimum Gasteiger partial charge on any atom is -0.384 e. The third kappa shape index (κ3) is 3.30. The fourth-order valence-electron chi connectivity index (χ4n) is 2.28. The van der Waals surface area contributed by atoms with Gasteiger partial charge in [0.1, 0.15) is 11.6 Å². The van der Waals surface area contributed by atoms with Gasteiger partial charge in [0, 0.05) is 24.3 Å². The first-order chi connectivity index (χ1) is 9.20. The van der Waals surface area contributed by atoms with E-state index in [-0.39, 0.29) is 0 Å². The summed E-state index contributed by atoms with van der Waals surface area (Å²) in [5, 5.41) is 4.34. The smallest absolute Gasteiger partial charge is 0.144 e. The van der Waals surface area contributed by atoms with Crippen molar-refractivity contribution in [1.82, 2.24) is 14.9 Å². The molecule has 1 saturated carbocycles. The number of rotatable bonds is 5. The summed E-state index contributed by atoms with van der Waals surface area (Å²) in [6.07, 6.45) is 2.57. The largest absolute Gasteiger partial charge is 0.384 e. The molecular formula is C14H18N4S. The molecule has 2 aromatic rings. The van der Waals surface area contributed by atoms with E-state index in [1.807, 2.05) is 13.0 Å². The maximum absolute atomic E-state index is 5.79. The van der Waals surface area contributed by atoms with Crippen LogP contribution in [0.15, 0.2) is 22.9 Å². The average Bonchev–Trinajstić information content (AvgIpc) is 3.06. The number of anilines is 1. The molecule has 3 rings (SSSR count). The maximum Gasteiger partial charge on any atom is 0.144 e. The van der Waals surface area contributed by atoms with Crippen LogP contribution in [0.5, 0.6) is 0 Å². The van der Waals surface area contributed by atoms with Crippen LogP contribution in [0.4, 0.5) is 5.82 Å². The quantitative estimate of drug-likeness (QED) is 0.910. The van der Waals surface area contributed by atoms with Gasteiger partial charge in [0.05, 0.1) is 6.54 Å². The molecule has 2 heterocycles. The van der Waals surface area contributed by atoms with Gasteiger partial charge < -0.3 is 5.73 Å². The molecule has 2 N–H and O–H groups in total. The van der Waals surface area contributed by atoms with Gasteiger partial charge in [-0.05, 0) is 42.2 Å². The molecule has 0 aliphatic heterocycles. The highest BCUT2D eigenvalue weighted by Crippen LogP contribution is 2.29. The summed E-state index contributed by atoms with van der Waals surface area (Å²) in [4.78, 5) is 11.3. The van der Waals surface area contributed by atoms with Crippen molar-refractivity contribution in [3.8, 4) is 0 Å². The normalized spacial score (nSPS) is 15.1. The van der Waals surface area contributed by atoms with Crippen molar-refractivity contribution >= 4 is 17.2 Å². The lowest BCUT2D eigenvalue weighted by atomic mass is 10.3. The van der Waals surface area contributed by atoms with Crippen molar-refractivity contribution in [3.63, 3.8) is 0 Å². The molecule has 2 aromatic heterocycles. The lowest BCUT2D eigenvalue weighted by Gasteiger charge is -2.20. The number of nitrogen functional groups attached to an aromatic ring is 1. The summed E-state index contributed by atoms with van der Waals surface area (Å²) in [5.41, 5.74) is 8.11. The van der Waals surface area contributed by atoms with E-state index in [2.05, 4.69) is 31.7 Å². The Bertz CT molecular complexity index is 528. The molecule has 100 valence electrons. The first-order valence-electron chi connectivity index (χ1n) is 6.56. The van der Waals surface area contributed by atoms with Crippen LogP contribution in [-0.2, 0) is 13.1 Å².